The van der Waals surface area contributed by atoms with Crippen molar-refractivity contribution in [3.05, 3.63) is 96.3 Å². The van der Waals surface area contributed by atoms with E-state index in [1.807, 2.05) is 42.7 Å². The second-order valence-electron chi connectivity index (χ2n) is 7.72. The van der Waals surface area contributed by atoms with Gasteiger partial charge in [-0.1, -0.05) is 60.7 Å². The van der Waals surface area contributed by atoms with Crippen molar-refractivity contribution < 1.29 is 0 Å². The van der Waals surface area contributed by atoms with Crippen molar-refractivity contribution in [3.8, 4) is 11.3 Å². The molecule has 5 heteroatoms. The van der Waals surface area contributed by atoms with Crippen LogP contribution in [0.1, 0.15) is 17.5 Å². The van der Waals surface area contributed by atoms with E-state index in [4.69, 9.17) is 9.97 Å². The molecule has 0 amide bonds. The Morgan fingerprint density at radius 1 is 0.903 bits per heavy atom. The Kier molecular flexibility index (Phi) is 5.56. The number of aryl methyl sites for hydroxylation is 1. The number of hydrogen-bond donors (Lipinski definition) is 1. The SMILES string of the molecule is c1ccc(CCNc2nccc(N3CCCc4cnc(-c5ccccc5)cc43)n2)cc1. The third-order valence-electron chi connectivity index (χ3n) is 5.61. The lowest BCUT2D eigenvalue weighted by atomic mass is 10.0. The Labute approximate surface area is 182 Å². The lowest BCUT2D eigenvalue weighted by Gasteiger charge is -2.30. The van der Waals surface area contributed by atoms with Crippen LogP contribution in [0.25, 0.3) is 11.3 Å². The molecule has 0 bridgehead atoms. The third kappa shape index (κ3) is 4.40. The molecule has 0 fully saturated rings. The monoisotopic (exact) mass is 407 g/mol. The molecule has 3 heterocycles. The van der Waals surface area contributed by atoms with Crippen LogP contribution in [0.3, 0.4) is 0 Å². The lowest BCUT2D eigenvalue weighted by molar-refractivity contribution is 0.755. The highest BCUT2D eigenvalue weighted by molar-refractivity contribution is 5.72. The topological polar surface area (TPSA) is 53.9 Å². The van der Waals surface area contributed by atoms with Crippen LogP contribution < -0.4 is 10.2 Å². The molecule has 1 aliphatic rings. The number of nitrogens with one attached hydrogen (secondary N) is 1. The summed E-state index contributed by atoms with van der Waals surface area (Å²) in [5, 5.41) is 3.37. The fraction of sp³-hybridized carbons (Fsp3) is 0.192. The maximum Gasteiger partial charge on any atom is 0.224 e. The molecule has 0 atom stereocenters. The molecular weight excluding hydrogens is 382 g/mol. The average Bonchev–Trinajstić information content (AvgIpc) is 2.85. The van der Waals surface area contributed by atoms with Gasteiger partial charge in [-0.15, -0.1) is 0 Å². The minimum atomic E-state index is 0.665. The normalized spacial score (nSPS) is 13.0. The Balaban J connectivity index is 1.37. The quantitative estimate of drug-likeness (QED) is 0.471. The number of hydrogen-bond acceptors (Lipinski definition) is 5. The highest BCUT2D eigenvalue weighted by atomic mass is 15.2. The number of benzene rings is 2. The summed E-state index contributed by atoms with van der Waals surface area (Å²) >= 11 is 0. The van der Waals surface area contributed by atoms with Crippen molar-refractivity contribution >= 4 is 17.5 Å². The Hall–Kier alpha value is -3.73. The van der Waals surface area contributed by atoms with Crippen LogP contribution in [0.15, 0.2) is 85.2 Å². The molecule has 2 aromatic heterocycles. The summed E-state index contributed by atoms with van der Waals surface area (Å²) in [6.45, 7) is 1.73. The largest absolute Gasteiger partial charge is 0.354 e. The third-order valence-corrected chi connectivity index (χ3v) is 5.61. The van der Waals surface area contributed by atoms with Crippen LogP contribution in [0, 0.1) is 0 Å². The standard InChI is InChI=1S/C26H25N5/c1-3-8-20(9-4-1)13-15-27-26-28-16-14-25(30-26)31-17-7-12-22-19-29-23(18-24(22)31)21-10-5-2-6-11-21/h1-6,8-11,14,16,18-19H,7,12-13,15,17H2,(H,27,28,30). The molecule has 0 saturated heterocycles. The van der Waals surface area contributed by atoms with Crippen LogP contribution in [0.5, 0.6) is 0 Å². The predicted octanol–water partition coefficient (Wildman–Crippen LogP) is 5.28. The molecule has 1 aliphatic heterocycles. The molecule has 0 saturated carbocycles. The Morgan fingerprint density at radius 3 is 2.55 bits per heavy atom. The molecular formula is C26H25N5. The number of rotatable bonds is 6. The number of fused-ring (bicyclic) bond motifs is 1. The molecule has 2 aromatic carbocycles. The van der Waals surface area contributed by atoms with Gasteiger partial charge in [0.05, 0.1) is 5.69 Å². The summed E-state index contributed by atoms with van der Waals surface area (Å²) in [5.74, 6) is 1.58. The van der Waals surface area contributed by atoms with Crippen LogP contribution in [0.4, 0.5) is 17.5 Å². The van der Waals surface area contributed by atoms with E-state index in [2.05, 4.69) is 57.7 Å². The first kappa shape index (κ1) is 19.2. The number of pyridine rings is 1. The van der Waals surface area contributed by atoms with Gasteiger partial charge < -0.3 is 10.2 Å². The van der Waals surface area contributed by atoms with Gasteiger partial charge in [0.1, 0.15) is 5.82 Å². The van der Waals surface area contributed by atoms with Crippen LogP contribution >= 0.6 is 0 Å². The van der Waals surface area contributed by atoms with E-state index in [0.29, 0.717) is 5.95 Å². The van der Waals surface area contributed by atoms with Crippen molar-refractivity contribution in [2.75, 3.05) is 23.3 Å². The number of nitrogens with zero attached hydrogens (tertiary/aromatic N) is 4. The van der Waals surface area contributed by atoms with Gasteiger partial charge in [0, 0.05) is 36.7 Å². The fourth-order valence-electron chi connectivity index (χ4n) is 4.02. The van der Waals surface area contributed by atoms with E-state index in [1.54, 1.807) is 0 Å². The summed E-state index contributed by atoms with van der Waals surface area (Å²) in [6, 6.07) is 25.0. The van der Waals surface area contributed by atoms with Crippen molar-refractivity contribution in [3.63, 3.8) is 0 Å². The zero-order chi connectivity index (χ0) is 20.9. The number of aromatic nitrogens is 3. The molecule has 5 rings (SSSR count). The highest BCUT2D eigenvalue weighted by Crippen LogP contribution is 2.34. The van der Waals surface area contributed by atoms with Gasteiger partial charge in [-0.2, -0.15) is 4.98 Å². The van der Waals surface area contributed by atoms with Crippen LogP contribution in [0.2, 0.25) is 0 Å². The first-order valence-electron chi connectivity index (χ1n) is 10.8. The second-order valence-corrected chi connectivity index (χ2v) is 7.72. The van der Waals surface area contributed by atoms with Gasteiger partial charge in [-0.25, -0.2) is 4.98 Å². The molecule has 0 unspecified atom stereocenters. The molecule has 4 aromatic rings. The molecule has 31 heavy (non-hydrogen) atoms. The van der Waals surface area contributed by atoms with Gasteiger partial charge in [-0.3, -0.25) is 4.98 Å². The smallest absolute Gasteiger partial charge is 0.224 e. The summed E-state index contributed by atoms with van der Waals surface area (Å²) in [5.41, 5.74) is 5.87. The summed E-state index contributed by atoms with van der Waals surface area (Å²) in [6.07, 6.45) is 6.92. The molecule has 0 aliphatic carbocycles. The highest BCUT2D eigenvalue weighted by Gasteiger charge is 2.21. The second kappa shape index (κ2) is 8.96. The van der Waals surface area contributed by atoms with E-state index >= 15 is 0 Å². The van der Waals surface area contributed by atoms with Crippen molar-refractivity contribution in [2.24, 2.45) is 0 Å². The van der Waals surface area contributed by atoms with Gasteiger partial charge in [-0.05, 0) is 42.5 Å². The van der Waals surface area contributed by atoms with Gasteiger partial charge in [0.2, 0.25) is 5.95 Å². The van der Waals surface area contributed by atoms with Crippen LogP contribution in [-0.4, -0.2) is 28.0 Å². The van der Waals surface area contributed by atoms with Crippen molar-refractivity contribution in [1.82, 2.24) is 15.0 Å². The maximum absolute atomic E-state index is 4.81. The summed E-state index contributed by atoms with van der Waals surface area (Å²) in [7, 11) is 0. The zero-order valence-electron chi connectivity index (χ0n) is 17.4. The lowest BCUT2D eigenvalue weighted by Crippen LogP contribution is -2.26. The van der Waals surface area contributed by atoms with E-state index in [-0.39, 0.29) is 0 Å². The number of anilines is 3. The van der Waals surface area contributed by atoms with Crippen LogP contribution in [-0.2, 0) is 12.8 Å². The zero-order valence-corrected chi connectivity index (χ0v) is 17.4. The minimum absolute atomic E-state index is 0.665. The van der Waals surface area contributed by atoms with E-state index in [9.17, 15) is 0 Å². The fourth-order valence-corrected chi connectivity index (χ4v) is 4.02. The molecule has 1 N–H and O–H groups in total. The first-order valence-corrected chi connectivity index (χ1v) is 10.8. The van der Waals surface area contributed by atoms with E-state index in [0.717, 1.165) is 49.4 Å². The average molecular weight is 408 g/mol. The summed E-state index contributed by atoms with van der Waals surface area (Å²) in [4.78, 5) is 16.2. The van der Waals surface area contributed by atoms with E-state index < -0.39 is 0 Å². The molecule has 0 spiro atoms. The molecule has 154 valence electrons. The van der Waals surface area contributed by atoms with Crippen molar-refractivity contribution in [1.29, 1.82) is 0 Å². The van der Waals surface area contributed by atoms with Gasteiger partial charge >= 0.3 is 0 Å². The van der Waals surface area contributed by atoms with E-state index in [1.165, 1.54) is 16.8 Å². The predicted molar refractivity (Wildman–Crippen MR) is 126 cm³/mol. The molecule has 5 nitrogen and oxygen atoms in total. The first-order chi connectivity index (χ1) is 15.4. The van der Waals surface area contributed by atoms with Gasteiger partial charge in [0.15, 0.2) is 0 Å². The Morgan fingerprint density at radius 2 is 1.71 bits per heavy atom. The summed E-state index contributed by atoms with van der Waals surface area (Å²) < 4.78 is 0. The molecule has 0 radical (unpaired) electrons. The minimum Gasteiger partial charge on any atom is -0.354 e. The van der Waals surface area contributed by atoms with Crippen molar-refractivity contribution in [2.45, 2.75) is 19.3 Å². The Bertz CT molecular complexity index is 1140. The van der Waals surface area contributed by atoms with Gasteiger partial charge in [0.25, 0.3) is 0 Å². The maximum atomic E-state index is 4.81.